The number of thioether (sulfide) groups is 1. The lowest BCUT2D eigenvalue weighted by Crippen LogP contribution is -2.29. The van der Waals surface area contributed by atoms with Crippen LogP contribution in [-0.4, -0.2) is 49.1 Å². The van der Waals surface area contributed by atoms with Gasteiger partial charge in [-0.3, -0.25) is 14.5 Å². The number of benzene rings is 2. The van der Waals surface area contributed by atoms with Crippen molar-refractivity contribution in [3.05, 3.63) is 83.9 Å². The highest BCUT2D eigenvalue weighted by Gasteiger charge is 2.32. The van der Waals surface area contributed by atoms with Crippen LogP contribution >= 0.6 is 24.0 Å². The molecule has 1 N–H and O–H groups in total. The first-order chi connectivity index (χ1) is 18.0. The maximum Gasteiger partial charge on any atom is 0.303 e. The van der Waals surface area contributed by atoms with E-state index in [0.717, 1.165) is 34.7 Å². The number of carbonyl (C=O) groups excluding carboxylic acids is 1. The molecule has 0 bridgehead atoms. The highest BCUT2D eigenvalue weighted by Crippen LogP contribution is 2.35. The van der Waals surface area contributed by atoms with Crippen LogP contribution < -0.4 is 4.74 Å². The van der Waals surface area contributed by atoms with Crippen LogP contribution in [0.5, 0.6) is 5.75 Å². The molecule has 1 aliphatic rings. The third-order valence-corrected chi connectivity index (χ3v) is 7.07. The minimum atomic E-state index is -0.806. The zero-order valence-corrected chi connectivity index (χ0v) is 21.8. The lowest BCUT2D eigenvalue weighted by molar-refractivity contribution is -0.137. The summed E-state index contributed by atoms with van der Waals surface area (Å²) < 4.78 is 7.91. The summed E-state index contributed by atoms with van der Waals surface area (Å²) in [7, 11) is 0. The molecule has 0 radical (unpaired) electrons. The van der Waals surface area contributed by atoms with E-state index in [0.29, 0.717) is 35.2 Å². The molecule has 2 aromatic carbocycles. The molecule has 0 atom stereocenters. The number of ether oxygens (including phenoxy) is 1. The van der Waals surface area contributed by atoms with Gasteiger partial charge in [-0.1, -0.05) is 61.3 Å². The lowest BCUT2D eigenvalue weighted by Gasteiger charge is -2.13. The van der Waals surface area contributed by atoms with E-state index >= 15 is 0 Å². The molecule has 0 saturated carbocycles. The first-order valence-corrected chi connectivity index (χ1v) is 13.1. The molecule has 1 aliphatic heterocycles. The van der Waals surface area contributed by atoms with E-state index in [-0.39, 0.29) is 12.3 Å². The summed E-state index contributed by atoms with van der Waals surface area (Å²) in [5.74, 6) is -0.212. The zero-order valence-electron chi connectivity index (χ0n) is 20.2. The van der Waals surface area contributed by atoms with Gasteiger partial charge in [-0.15, -0.1) is 0 Å². The normalized spacial score (nSPS) is 14.4. The second-order valence-electron chi connectivity index (χ2n) is 8.37. The number of hydrogen-bond donors (Lipinski definition) is 1. The first kappa shape index (κ1) is 26.4. The van der Waals surface area contributed by atoms with Gasteiger partial charge in [0.1, 0.15) is 16.7 Å². The van der Waals surface area contributed by atoms with Crippen molar-refractivity contribution in [3.8, 4) is 22.7 Å². The smallest absolute Gasteiger partial charge is 0.303 e. The maximum absolute atomic E-state index is 13.2. The Kier molecular flexibility index (Phi) is 8.92. The van der Waals surface area contributed by atoms with Gasteiger partial charge in [0.25, 0.3) is 5.91 Å². The summed E-state index contributed by atoms with van der Waals surface area (Å²) >= 11 is 6.75. The van der Waals surface area contributed by atoms with Gasteiger partial charge in [0, 0.05) is 30.3 Å². The molecule has 37 heavy (non-hydrogen) atoms. The number of carboxylic acids is 1. The van der Waals surface area contributed by atoms with Crippen LogP contribution in [0.3, 0.4) is 0 Å². The lowest BCUT2D eigenvalue weighted by atomic mass is 10.1. The van der Waals surface area contributed by atoms with Crippen LogP contribution in [-0.2, 0) is 9.59 Å². The molecule has 190 valence electrons. The van der Waals surface area contributed by atoms with Crippen LogP contribution in [0.15, 0.2) is 78.4 Å². The molecule has 7 nitrogen and oxygen atoms in total. The Hall–Kier alpha value is -3.69. The quantitative estimate of drug-likeness (QED) is 0.133. The van der Waals surface area contributed by atoms with Gasteiger partial charge in [-0.25, -0.2) is 4.68 Å². The predicted molar refractivity (Wildman–Crippen MR) is 151 cm³/mol. The number of aromatic nitrogens is 2. The van der Waals surface area contributed by atoms with Crippen LogP contribution in [0.1, 0.15) is 31.2 Å². The van der Waals surface area contributed by atoms with E-state index in [1.54, 1.807) is 15.7 Å². The summed E-state index contributed by atoms with van der Waals surface area (Å²) in [6.07, 6.45) is 7.58. The molecule has 2 heterocycles. The molecule has 4 rings (SSSR count). The van der Waals surface area contributed by atoms with E-state index in [9.17, 15) is 9.59 Å². The maximum atomic E-state index is 13.2. The molecule has 1 fully saturated rings. The standard InChI is InChI=1S/C28H27N3O4S2/c1-2-17-35-23-14-12-20(13-15-23)26-21(19-31(29-26)22-9-5-3-6-10-22)18-24-27(34)30(28(36)37-24)16-8-4-7-11-25(32)33/h2-3,5-6,9-10,12-15,18-19H,1,4,7-8,11,16-17H2,(H,32,33)/b24-18+. The predicted octanol–water partition coefficient (Wildman–Crippen LogP) is 5.95. The van der Waals surface area contributed by atoms with Crippen LogP contribution in [0, 0.1) is 0 Å². The van der Waals surface area contributed by atoms with Crippen molar-refractivity contribution in [1.29, 1.82) is 0 Å². The fraction of sp³-hybridized carbons (Fsp3) is 0.214. The molecule has 0 aliphatic carbocycles. The number of nitrogens with zero attached hydrogens (tertiary/aromatic N) is 3. The highest BCUT2D eigenvalue weighted by molar-refractivity contribution is 8.26. The van der Waals surface area contributed by atoms with Gasteiger partial charge < -0.3 is 9.84 Å². The molecule has 9 heteroatoms. The summed E-state index contributed by atoms with van der Waals surface area (Å²) in [6.45, 7) is 4.57. The Morgan fingerprint density at radius 2 is 1.86 bits per heavy atom. The third-order valence-electron chi connectivity index (χ3n) is 5.69. The molecule has 1 aromatic heterocycles. The summed E-state index contributed by atoms with van der Waals surface area (Å²) in [5.41, 5.74) is 3.33. The number of rotatable bonds is 12. The second kappa shape index (κ2) is 12.5. The second-order valence-corrected chi connectivity index (χ2v) is 10.1. The van der Waals surface area contributed by atoms with E-state index in [4.69, 9.17) is 27.2 Å². The fourth-order valence-electron chi connectivity index (χ4n) is 3.85. The van der Waals surface area contributed by atoms with Crippen molar-refractivity contribution in [3.63, 3.8) is 0 Å². The highest BCUT2D eigenvalue weighted by atomic mass is 32.2. The van der Waals surface area contributed by atoms with Crippen molar-refractivity contribution in [1.82, 2.24) is 14.7 Å². The Morgan fingerprint density at radius 1 is 1.11 bits per heavy atom. The topological polar surface area (TPSA) is 84.7 Å². The number of amides is 1. The van der Waals surface area contributed by atoms with Crippen molar-refractivity contribution >= 4 is 46.3 Å². The Balaban J connectivity index is 1.59. The number of carbonyl (C=O) groups is 2. The summed E-state index contributed by atoms with van der Waals surface area (Å²) in [4.78, 5) is 26.0. The Morgan fingerprint density at radius 3 is 2.57 bits per heavy atom. The number of hydrogen-bond acceptors (Lipinski definition) is 6. The number of unbranched alkanes of at least 4 members (excludes halogenated alkanes) is 2. The largest absolute Gasteiger partial charge is 0.490 e. The van der Waals surface area contributed by atoms with Gasteiger partial charge in [-0.05, 0) is 55.3 Å². The number of carboxylic acid groups (broad SMARTS) is 1. The van der Waals surface area contributed by atoms with Crippen LogP contribution in [0.4, 0.5) is 0 Å². The van der Waals surface area contributed by atoms with Crippen molar-refractivity contribution in [2.45, 2.75) is 25.7 Å². The third kappa shape index (κ3) is 6.75. The molecule has 0 spiro atoms. The molecular weight excluding hydrogens is 506 g/mol. The summed E-state index contributed by atoms with van der Waals surface area (Å²) in [6, 6.07) is 17.4. The van der Waals surface area contributed by atoms with Crippen molar-refractivity contribution in [2.24, 2.45) is 0 Å². The minimum Gasteiger partial charge on any atom is -0.490 e. The van der Waals surface area contributed by atoms with Gasteiger partial charge in [-0.2, -0.15) is 5.10 Å². The van der Waals surface area contributed by atoms with E-state index in [2.05, 4.69) is 6.58 Å². The van der Waals surface area contributed by atoms with E-state index in [1.807, 2.05) is 66.9 Å². The van der Waals surface area contributed by atoms with Gasteiger partial charge in [0.15, 0.2) is 0 Å². The van der Waals surface area contributed by atoms with Gasteiger partial charge in [0.05, 0.1) is 16.3 Å². The Labute approximate surface area is 225 Å². The fourth-order valence-corrected chi connectivity index (χ4v) is 5.15. The first-order valence-electron chi connectivity index (χ1n) is 11.9. The minimum absolute atomic E-state index is 0.133. The SMILES string of the molecule is C=CCOc1ccc(-c2nn(-c3ccccc3)cc2/C=C2/SC(=S)N(CCCCCC(=O)O)C2=O)cc1. The van der Waals surface area contributed by atoms with E-state index in [1.165, 1.54) is 11.8 Å². The molecule has 3 aromatic rings. The van der Waals surface area contributed by atoms with E-state index < -0.39 is 5.97 Å². The molecule has 1 saturated heterocycles. The Bertz CT molecular complexity index is 1320. The van der Waals surface area contributed by atoms with Crippen LogP contribution in [0.2, 0.25) is 0 Å². The molecule has 0 unspecified atom stereocenters. The zero-order chi connectivity index (χ0) is 26.2. The van der Waals surface area contributed by atoms with Gasteiger partial charge in [0.2, 0.25) is 0 Å². The number of thiocarbonyl (C=S) groups is 1. The average Bonchev–Trinajstić information content (AvgIpc) is 3.44. The summed E-state index contributed by atoms with van der Waals surface area (Å²) in [5, 5.41) is 13.6. The number of para-hydroxylation sites is 1. The van der Waals surface area contributed by atoms with Gasteiger partial charge >= 0.3 is 5.97 Å². The average molecular weight is 534 g/mol. The number of aliphatic carboxylic acids is 1. The van der Waals surface area contributed by atoms with Crippen LogP contribution in [0.25, 0.3) is 23.0 Å². The molecular formula is C28H27N3O4S2. The van der Waals surface area contributed by atoms with Crippen molar-refractivity contribution < 1.29 is 19.4 Å². The molecule has 1 amide bonds. The van der Waals surface area contributed by atoms with Crippen molar-refractivity contribution in [2.75, 3.05) is 13.2 Å². The monoisotopic (exact) mass is 533 g/mol.